The fraction of sp³-hybridized carbons (Fsp3) is 0.261. The first-order valence-corrected chi connectivity index (χ1v) is 11.0. The largest absolute Gasteiger partial charge is 0.457 e. The van der Waals surface area contributed by atoms with Crippen LogP contribution in [0.3, 0.4) is 0 Å². The van der Waals surface area contributed by atoms with Crippen molar-refractivity contribution in [1.82, 2.24) is 39.5 Å². The van der Waals surface area contributed by atoms with Gasteiger partial charge in [0.1, 0.15) is 36.0 Å². The van der Waals surface area contributed by atoms with Crippen LogP contribution in [-0.4, -0.2) is 47.3 Å². The van der Waals surface area contributed by atoms with Crippen molar-refractivity contribution in [3.63, 3.8) is 0 Å². The fourth-order valence-corrected chi connectivity index (χ4v) is 4.32. The predicted octanol–water partition coefficient (Wildman–Crippen LogP) is 3.48. The minimum Gasteiger partial charge on any atom is -0.457 e. The van der Waals surface area contributed by atoms with Crippen LogP contribution in [0.5, 0.6) is 11.5 Å². The number of aromatic nitrogens is 7. The summed E-state index contributed by atoms with van der Waals surface area (Å²) in [5.41, 5.74) is 4.65. The zero-order valence-electron chi connectivity index (χ0n) is 18.1. The summed E-state index contributed by atoms with van der Waals surface area (Å²) >= 11 is 0. The first kappa shape index (κ1) is 19.6. The Kier molecular flexibility index (Phi) is 4.84. The van der Waals surface area contributed by atoms with Crippen LogP contribution in [0, 0.1) is 6.92 Å². The highest BCUT2D eigenvalue weighted by molar-refractivity contribution is 5.76. The summed E-state index contributed by atoms with van der Waals surface area (Å²) in [4.78, 5) is 13.4. The number of nitrogens with one attached hydrogen (secondary N) is 2. The number of rotatable bonds is 5. The van der Waals surface area contributed by atoms with Crippen molar-refractivity contribution in [2.45, 2.75) is 25.7 Å². The first-order chi connectivity index (χ1) is 16.2. The van der Waals surface area contributed by atoms with Gasteiger partial charge in [-0.25, -0.2) is 24.0 Å². The molecular weight excluding hydrogens is 418 g/mol. The van der Waals surface area contributed by atoms with Gasteiger partial charge in [-0.2, -0.15) is 10.2 Å². The van der Waals surface area contributed by atoms with Gasteiger partial charge in [0.15, 0.2) is 11.5 Å². The minimum absolute atomic E-state index is 0.405. The molecule has 1 saturated heterocycles. The highest BCUT2D eigenvalue weighted by atomic mass is 16.5. The number of aryl methyl sites for hydroxylation is 1. The lowest BCUT2D eigenvalue weighted by Gasteiger charge is -2.21. The molecule has 5 aromatic rings. The van der Waals surface area contributed by atoms with Gasteiger partial charge in [-0.1, -0.05) is 0 Å². The van der Waals surface area contributed by atoms with Gasteiger partial charge >= 0.3 is 0 Å². The van der Waals surface area contributed by atoms with Crippen molar-refractivity contribution >= 4 is 22.7 Å². The number of nitrogens with zero attached hydrogens (tertiary/aromatic N) is 7. The van der Waals surface area contributed by atoms with E-state index in [1.807, 2.05) is 43.5 Å². The van der Waals surface area contributed by atoms with E-state index < -0.39 is 0 Å². The molecule has 10 nitrogen and oxygen atoms in total. The number of pyridine rings is 1. The topological polar surface area (TPSA) is 107 Å². The van der Waals surface area contributed by atoms with Crippen LogP contribution >= 0.6 is 0 Å². The Morgan fingerprint density at radius 2 is 1.85 bits per heavy atom. The molecule has 0 unspecified atom stereocenters. The number of ether oxygens (including phenoxy) is 1. The standard InChI is InChI=1S/C23H23N9O/c1-15-10-17(2-3-19(15)33-18-6-9-31-20(11-18)25-12-28-31)30-23-22-21(16-4-7-24-8-5-16)27-14-32(22)29-13-26-23/h2-3,6,9-14,16,24H,4-5,7-8H2,1H3,(H,26,29,30). The quantitative estimate of drug-likeness (QED) is 0.427. The third-order valence-corrected chi connectivity index (χ3v) is 6.01. The van der Waals surface area contributed by atoms with Crippen molar-refractivity contribution < 1.29 is 4.74 Å². The maximum atomic E-state index is 6.09. The fourth-order valence-electron chi connectivity index (χ4n) is 4.32. The van der Waals surface area contributed by atoms with Gasteiger partial charge in [0.25, 0.3) is 0 Å². The molecule has 10 heteroatoms. The Bertz CT molecular complexity index is 1430. The van der Waals surface area contributed by atoms with E-state index in [4.69, 9.17) is 4.74 Å². The Labute approximate surface area is 189 Å². The summed E-state index contributed by atoms with van der Waals surface area (Å²) < 4.78 is 9.59. The number of fused-ring (bicyclic) bond motifs is 2. The average Bonchev–Trinajstić information content (AvgIpc) is 3.49. The minimum atomic E-state index is 0.405. The van der Waals surface area contributed by atoms with Crippen LogP contribution in [0.4, 0.5) is 11.5 Å². The summed E-state index contributed by atoms with van der Waals surface area (Å²) in [6, 6.07) is 9.71. The molecule has 33 heavy (non-hydrogen) atoms. The van der Waals surface area contributed by atoms with Gasteiger partial charge in [0, 0.05) is 23.9 Å². The summed E-state index contributed by atoms with van der Waals surface area (Å²) in [6.45, 7) is 4.03. The van der Waals surface area contributed by atoms with Crippen LogP contribution in [0.15, 0.2) is 55.5 Å². The smallest absolute Gasteiger partial charge is 0.160 e. The molecule has 0 bridgehead atoms. The van der Waals surface area contributed by atoms with E-state index in [0.717, 1.165) is 65.6 Å². The molecule has 1 aromatic carbocycles. The van der Waals surface area contributed by atoms with E-state index in [1.165, 1.54) is 6.33 Å². The lowest BCUT2D eigenvalue weighted by atomic mass is 9.94. The summed E-state index contributed by atoms with van der Waals surface area (Å²) in [5, 5.41) is 15.3. The molecule has 0 amide bonds. The molecule has 2 N–H and O–H groups in total. The second kappa shape index (κ2) is 8.14. The van der Waals surface area contributed by atoms with E-state index in [2.05, 4.69) is 35.8 Å². The molecule has 0 radical (unpaired) electrons. The van der Waals surface area contributed by atoms with Gasteiger partial charge in [0.2, 0.25) is 0 Å². The lowest BCUT2D eigenvalue weighted by molar-refractivity contribution is 0.456. The number of imidazole rings is 1. The van der Waals surface area contributed by atoms with E-state index in [-0.39, 0.29) is 0 Å². The molecule has 1 aliphatic heterocycles. The average molecular weight is 441 g/mol. The first-order valence-electron chi connectivity index (χ1n) is 11.0. The summed E-state index contributed by atoms with van der Waals surface area (Å²) in [6.07, 6.45) is 8.79. The molecule has 6 rings (SSSR count). The molecule has 1 fully saturated rings. The van der Waals surface area contributed by atoms with Gasteiger partial charge in [-0.3, -0.25) is 0 Å². The number of hydrogen-bond acceptors (Lipinski definition) is 8. The molecule has 1 aliphatic rings. The Balaban J connectivity index is 1.27. The van der Waals surface area contributed by atoms with Crippen molar-refractivity contribution in [2.24, 2.45) is 0 Å². The molecule has 166 valence electrons. The van der Waals surface area contributed by atoms with Crippen molar-refractivity contribution in [3.8, 4) is 11.5 Å². The van der Waals surface area contributed by atoms with E-state index in [9.17, 15) is 0 Å². The molecule has 5 heterocycles. The van der Waals surface area contributed by atoms with Gasteiger partial charge in [-0.15, -0.1) is 0 Å². The summed E-state index contributed by atoms with van der Waals surface area (Å²) in [7, 11) is 0. The Morgan fingerprint density at radius 1 is 1.00 bits per heavy atom. The highest BCUT2D eigenvalue weighted by Gasteiger charge is 2.22. The zero-order valence-corrected chi connectivity index (χ0v) is 18.1. The van der Waals surface area contributed by atoms with Gasteiger partial charge in [-0.05, 0) is 62.7 Å². The van der Waals surface area contributed by atoms with Gasteiger partial charge in [0.05, 0.1) is 5.69 Å². The van der Waals surface area contributed by atoms with Crippen LogP contribution in [0.25, 0.3) is 11.2 Å². The molecular formula is C23H23N9O. The lowest BCUT2D eigenvalue weighted by Crippen LogP contribution is -2.27. The van der Waals surface area contributed by atoms with E-state index in [0.29, 0.717) is 11.7 Å². The molecule has 0 spiro atoms. The normalized spacial score (nSPS) is 14.7. The molecule has 0 aliphatic carbocycles. The van der Waals surface area contributed by atoms with Crippen molar-refractivity contribution in [1.29, 1.82) is 0 Å². The van der Waals surface area contributed by atoms with Crippen LogP contribution in [-0.2, 0) is 0 Å². The monoisotopic (exact) mass is 441 g/mol. The summed E-state index contributed by atoms with van der Waals surface area (Å²) in [5.74, 6) is 2.64. The van der Waals surface area contributed by atoms with Crippen LogP contribution in [0.2, 0.25) is 0 Å². The van der Waals surface area contributed by atoms with Crippen LogP contribution < -0.4 is 15.4 Å². The third-order valence-electron chi connectivity index (χ3n) is 6.01. The molecule has 4 aromatic heterocycles. The second-order valence-corrected chi connectivity index (χ2v) is 8.19. The SMILES string of the molecule is Cc1cc(Nc2ncnn3cnc(C4CCNCC4)c23)ccc1Oc1ccn2ncnc2c1. The predicted molar refractivity (Wildman–Crippen MR) is 123 cm³/mol. The van der Waals surface area contributed by atoms with E-state index in [1.54, 1.807) is 21.7 Å². The molecule has 0 atom stereocenters. The zero-order chi connectivity index (χ0) is 22.2. The second-order valence-electron chi connectivity index (χ2n) is 8.19. The highest BCUT2D eigenvalue weighted by Crippen LogP contribution is 2.33. The van der Waals surface area contributed by atoms with Crippen molar-refractivity contribution in [3.05, 3.63) is 66.8 Å². The van der Waals surface area contributed by atoms with E-state index >= 15 is 0 Å². The Morgan fingerprint density at radius 3 is 2.73 bits per heavy atom. The number of hydrogen-bond donors (Lipinski definition) is 2. The number of piperidine rings is 1. The Hall–Kier alpha value is -4.05. The van der Waals surface area contributed by atoms with Crippen molar-refractivity contribution in [2.75, 3.05) is 18.4 Å². The third kappa shape index (κ3) is 3.74. The number of benzene rings is 1. The molecule has 0 saturated carbocycles. The maximum Gasteiger partial charge on any atom is 0.160 e. The maximum absolute atomic E-state index is 6.09. The van der Waals surface area contributed by atoms with Gasteiger partial charge < -0.3 is 15.4 Å². The van der Waals surface area contributed by atoms with Crippen LogP contribution in [0.1, 0.15) is 30.0 Å². The number of anilines is 2.